The van der Waals surface area contributed by atoms with Crippen molar-refractivity contribution in [2.24, 2.45) is 0 Å². The molecule has 1 aromatic rings. The van der Waals surface area contributed by atoms with E-state index in [0.29, 0.717) is 4.90 Å². The van der Waals surface area contributed by atoms with Crippen molar-refractivity contribution < 1.29 is 8.42 Å². The smallest absolute Gasteiger partial charge is 0.190 e. The summed E-state index contributed by atoms with van der Waals surface area (Å²) in [5, 5.41) is 0. The van der Waals surface area contributed by atoms with Gasteiger partial charge in [-0.05, 0) is 18.6 Å². The summed E-state index contributed by atoms with van der Waals surface area (Å²) in [5.41, 5.74) is 0. The second-order valence-corrected chi connectivity index (χ2v) is 8.24. The number of unbranched alkanes of at least 4 members (excludes halogenated alkanes) is 2. The van der Waals surface area contributed by atoms with Crippen molar-refractivity contribution in [2.45, 2.75) is 40.8 Å². The summed E-state index contributed by atoms with van der Waals surface area (Å²) in [6.07, 6.45) is 3.94. The zero-order valence-corrected chi connectivity index (χ0v) is 12.4. The summed E-state index contributed by atoms with van der Waals surface area (Å²) in [6, 6.07) is 8.70. The lowest BCUT2D eigenvalue weighted by Gasteiger charge is -2.10. The maximum absolute atomic E-state index is 12.1. The average Bonchev–Trinajstić information content (AvgIpc) is 2.30. The largest absolute Gasteiger partial charge is 0.223 e. The predicted molar refractivity (Wildman–Crippen MR) is 75.6 cm³/mol. The molecular formula is C12H17IO2S. The molecule has 0 unspecified atom stereocenters. The Balaban J connectivity index is 2.71. The number of halogens is 1. The first-order valence-electron chi connectivity index (χ1n) is 5.52. The minimum absolute atomic E-state index is 0.306. The second kappa shape index (κ2) is 6.59. The Hall–Kier alpha value is -0.1000. The van der Waals surface area contributed by atoms with Gasteiger partial charge >= 0.3 is 0 Å². The number of alkyl halides is 1. The Labute approximate surface area is 112 Å². The fraction of sp³-hybridized carbons (Fsp3) is 0.500. The van der Waals surface area contributed by atoms with Gasteiger partial charge in [-0.25, -0.2) is 8.42 Å². The summed E-state index contributed by atoms with van der Waals surface area (Å²) in [4.78, 5) is 0.436. The third-order valence-electron chi connectivity index (χ3n) is 2.44. The Morgan fingerprint density at radius 1 is 1.19 bits per heavy atom. The lowest BCUT2D eigenvalue weighted by atomic mass is 10.2. The van der Waals surface area contributed by atoms with Crippen molar-refractivity contribution in [3.05, 3.63) is 30.3 Å². The molecule has 90 valence electrons. The van der Waals surface area contributed by atoms with Crippen LogP contribution in [0.2, 0.25) is 0 Å². The molecule has 1 aromatic carbocycles. The van der Waals surface area contributed by atoms with Gasteiger partial charge in [0.25, 0.3) is 0 Å². The first kappa shape index (κ1) is 14.0. The highest BCUT2D eigenvalue weighted by Crippen LogP contribution is 2.24. The Morgan fingerprint density at radius 3 is 2.38 bits per heavy atom. The lowest BCUT2D eigenvalue weighted by molar-refractivity contribution is 0.586. The van der Waals surface area contributed by atoms with E-state index in [4.69, 9.17) is 0 Å². The first-order chi connectivity index (χ1) is 7.59. The molecule has 0 radical (unpaired) electrons. The molecule has 0 saturated carbocycles. The molecule has 0 N–H and O–H groups in total. The number of sulfone groups is 1. The van der Waals surface area contributed by atoms with Crippen LogP contribution in [0.15, 0.2) is 35.2 Å². The van der Waals surface area contributed by atoms with Gasteiger partial charge in [-0.3, -0.25) is 0 Å². The minimum atomic E-state index is -3.13. The quantitative estimate of drug-likeness (QED) is 0.443. The molecule has 1 rings (SSSR count). The van der Waals surface area contributed by atoms with Crippen molar-refractivity contribution in [3.63, 3.8) is 0 Å². The molecule has 4 heteroatoms. The van der Waals surface area contributed by atoms with Crippen LogP contribution in [0.25, 0.3) is 0 Å². The van der Waals surface area contributed by atoms with Crippen LogP contribution in [-0.4, -0.2) is 11.7 Å². The van der Waals surface area contributed by atoms with E-state index in [9.17, 15) is 8.42 Å². The van der Waals surface area contributed by atoms with E-state index < -0.39 is 9.84 Å². The van der Waals surface area contributed by atoms with Gasteiger partial charge in [0.2, 0.25) is 0 Å². The second-order valence-electron chi connectivity index (χ2n) is 3.76. The van der Waals surface area contributed by atoms with Gasteiger partial charge in [0.05, 0.1) is 4.90 Å². The van der Waals surface area contributed by atoms with E-state index in [2.05, 4.69) is 6.92 Å². The molecular weight excluding hydrogens is 335 g/mol. The number of benzene rings is 1. The summed E-state index contributed by atoms with van der Waals surface area (Å²) < 4.78 is 23.9. The van der Waals surface area contributed by atoms with E-state index in [1.165, 1.54) is 0 Å². The number of rotatable bonds is 6. The molecule has 0 saturated heterocycles. The zero-order chi connectivity index (χ0) is 12.0. The molecule has 0 heterocycles. The topological polar surface area (TPSA) is 34.1 Å². The molecule has 0 aromatic heterocycles. The van der Waals surface area contributed by atoms with Crippen LogP contribution < -0.4 is 0 Å². The van der Waals surface area contributed by atoms with Crippen LogP contribution >= 0.6 is 22.6 Å². The molecule has 0 aliphatic heterocycles. The maximum atomic E-state index is 12.1. The highest BCUT2D eigenvalue weighted by Gasteiger charge is 2.23. The van der Waals surface area contributed by atoms with Crippen molar-refractivity contribution in [1.82, 2.24) is 0 Å². The molecule has 2 nitrogen and oxygen atoms in total. The molecule has 0 amide bonds. The number of hydrogen-bond donors (Lipinski definition) is 0. The van der Waals surface area contributed by atoms with Crippen LogP contribution in [-0.2, 0) is 9.84 Å². The van der Waals surface area contributed by atoms with E-state index in [0.717, 1.165) is 25.7 Å². The molecule has 0 fully saturated rings. The monoisotopic (exact) mass is 352 g/mol. The molecule has 16 heavy (non-hydrogen) atoms. The van der Waals surface area contributed by atoms with Gasteiger partial charge in [-0.1, -0.05) is 67.0 Å². The van der Waals surface area contributed by atoms with Gasteiger partial charge in [-0.15, -0.1) is 0 Å². The van der Waals surface area contributed by atoms with Gasteiger partial charge < -0.3 is 0 Å². The Bertz CT molecular complexity index is 400. The third-order valence-corrected chi connectivity index (χ3v) is 6.91. The molecule has 0 aliphatic carbocycles. The van der Waals surface area contributed by atoms with Crippen LogP contribution in [0.3, 0.4) is 0 Å². The van der Waals surface area contributed by atoms with Gasteiger partial charge in [0, 0.05) is 0 Å². The average molecular weight is 352 g/mol. The van der Waals surface area contributed by atoms with Crippen molar-refractivity contribution in [3.8, 4) is 0 Å². The summed E-state index contributed by atoms with van der Waals surface area (Å²) in [6.45, 7) is 2.12. The molecule has 1 atom stereocenters. The summed E-state index contributed by atoms with van der Waals surface area (Å²) in [7, 11) is -3.13. The normalized spacial score (nSPS) is 13.6. The number of hydrogen-bond acceptors (Lipinski definition) is 2. The molecule has 0 aliphatic rings. The van der Waals surface area contributed by atoms with Crippen molar-refractivity contribution >= 4 is 32.4 Å². The lowest BCUT2D eigenvalue weighted by Crippen LogP contribution is -2.14. The minimum Gasteiger partial charge on any atom is -0.223 e. The van der Waals surface area contributed by atoms with E-state index in [-0.39, 0.29) is 3.26 Å². The van der Waals surface area contributed by atoms with Gasteiger partial charge in [0.1, 0.15) is 3.26 Å². The fourth-order valence-electron chi connectivity index (χ4n) is 1.47. The Morgan fingerprint density at radius 2 is 1.81 bits per heavy atom. The Kier molecular flexibility index (Phi) is 5.75. The highest BCUT2D eigenvalue weighted by atomic mass is 127. The van der Waals surface area contributed by atoms with Crippen LogP contribution in [0.4, 0.5) is 0 Å². The third kappa shape index (κ3) is 3.73. The SMILES string of the molecule is CCCCC[C@H](I)S(=O)(=O)c1ccccc1. The maximum Gasteiger partial charge on any atom is 0.190 e. The predicted octanol–water partition coefficient (Wildman–Crippen LogP) is 3.80. The summed E-state index contributed by atoms with van der Waals surface area (Å²) in [5.74, 6) is 0. The van der Waals surface area contributed by atoms with Crippen LogP contribution in [0.5, 0.6) is 0 Å². The molecule has 0 bridgehead atoms. The van der Waals surface area contributed by atoms with Gasteiger partial charge in [-0.2, -0.15) is 0 Å². The summed E-state index contributed by atoms with van der Waals surface area (Å²) >= 11 is 2.04. The van der Waals surface area contributed by atoms with Crippen LogP contribution in [0, 0.1) is 0 Å². The first-order valence-corrected chi connectivity index (χ1v) is 8.31. The standard InChI is InChI=1S/C12H17IO2S/c1-2-3-5-10-12(13)16(14,15)11-8-6-4-7-9-11/h4,6-9,12H,2-3,5,10H2,1H3/t12-/m1/s1. The molecule has 0 spiro atoms. The highest BCUT2D eigenvalue weighted by molar-refractivity contribution is 14.1. The van der Waals surface area contributed by atoms with E-state index in [1.807, 2.05) is 28.7 Å². The van der Waals surface area contributed by atoms with Crippen molar-refractivity contribution in [2.75, 3.05) is 0 Å². The zero-order valence-electron chi connectivity index (χ0n) is 9.40. The van der Waals surface area contributed by atoms with Gasteiger partial charge in [0.15, 0.2) is 9.84 Å². The van der Waals surface area contributed by atoms with E-state index >= 15 is 0 Å². The van der Waals surface area contributed by atoms with Crippen LogP contribution in [0.1, 0.15) is 32.6 Å². The van der Waals surface area contributed by atoms with E-state index in [1.54, 1.807) is 24.3 Å². The van der Waals surface area contributed by atoms with Crippen molar-refractivity contribution in [1.29, 1.82) is 0 Å². The fourth-order valence-corrected chi connectivity index (χ4v) is 4.10.